The topological polar surface area (TPSA) is 90.5 Å². The predicted molar refractivity (Wildman–Crippen MR) is 105 cm³/mol. The maximum absolute atomic E-state index is 12.5. The van der Waals surface area contributed by atoms with Gasteiger partial charge in [-0.1, -0.05) is 23.9 Å². The summed E-state index contributed by atoms with van der Waals surface area (Å²) in [6, 6.07) is 7.85. The van der Waals surface area contributed by atoms with Crippen LogP contribution in [-0.2, 0) is 20.6 Å². The van der Waals surface area contributed by atoms with E-state index in [0.717, 1.165) is 20.8 Å². The molecule has 26 heavy (non-hydrogen) atoms. The number of para-hydroxylation sites is 2. The fraction of sp³-hybridized carbons (Fsp3) is 0.250. The van der Waals surface area contributed by atoms with E-state index >= 15 is 0 Å². The van der Waals surface area contributed by atoms with Crippen LogP contribution in [0.15, 0.2) is 43.7 Å². The second kappa shape index (κ2) is 6.44. The molecule has 3 heterocycles. The van der Waals surface area contributed by atoms with E-state index in [-0.39, 0.29) is 5.56 Å². The van der Waals surface area contributed by atoms with Crippen LogP contribution in [0.5, 0.6) is 0 Å². The molecule has 4 aromatic rings. The van der Waals surface area contributed by atoms with Crippen molar-refractivity contribution in [3.63, 3.8) is 0 Å². The van der Waals surface area contributed by atoms with E-state index < -0.39 is 5.69 Å². The number of hydrogen-bond acceptors (Lipinski definition) is 5. The SMILES string of the molecule is Cn1c(=O)c2c(nc(Br)n2CCSc2nc3ccccc3[nH]2)n(C)c1=O. The lowest BCUT2D eigenvalue weighted by Crippen LogP contribution is -2.37. The molecule has 1 N–H and O–H groups in total. The average Bonchev–Trinajstić information content (AvgIpc) is 3.19. The molecular weight excluding hydrogens is 420 g/mol. The third-order valence-corrected chi connectivity index (χ3v) is 5.68. The van der Waals surface area contributed by atoms with Crippen LogP contribution in [0.1, 0.15) is 0 Å². The number of aryl methyl sites for hydroxylation is 2. The van der Waals surface area contributed by atoms with Gasteiger partial charge in [-0.2, -0.15) is 0 Å². The molecule has 0 aliphatic heterocycles. The van der Waals surface area contributed by atoms with Gasteiger partial charge in [0.05, 0.1) is 11.0 Å². The van der Waals surface area contributed by atoms with Crippen molar-refractivity contribution in [2.75, 3.05) is 5.75 Å². The molecule has 3 aromatic heterocycles. The smallest absolute Gasteiger partial charge is 0.332 e. The van der Waals surface area contributed by atoms with Gasteiger partial charge in [0.2, 0.25) is 0 Å². The zero-order valence-electron chi connectivity index (χ0n) is 14.1. The Kier molecular flexibility index (Phi) is 4.23. The van der Waals surface area contributed by atoms with Crippen molar-refractivity contribution in [3.05, 3.63) is 49.8 Å². The molecule has 0 aliphatic carbocycles. The van der Waals surface area contributed by atoms with Gasteiger partial charge in [0.15, 0.2) is 21.1 Å². The summed E-state index contributed by atoms with van der Waals surface area (Å²) in [4.78, 5) is 36.7. The van der Waals surface area contributed by atoms with E-state index in [1.54, 1.807) is 23.4 Å². The largest absolute Gasteiger partial charge is 0.333 e. The standard InChI is InChI=1S/C16H15BrN6O2S/c1-21-12-11(13(24)22(2)16(21)25)23(14(17)20-12)7-8-26-15-18-9-5-3-4-6-10(9)19-15/h3-6H,7-8H2,1-2H3,(H,18,19). The molecule has 10 heteroatoms. The molecule has 4 rings (SSSR count). The Morgan fingerprint density at radius 2 is 1.92 bits per heavy atom. The summed E-state index contributed by atoms with van der Waals surface area (Å²) in [5, 5.41) is 0.826. The first kappa shape index (κ1) is 17.1. The lowest BCUT2D eigenvalue weighted by Gasteiger charge is -2.06. The minimum absolute atomic E-state index is 0.352. The summed E-state index contributed by atoms with van der Waals surface area (Å²) in [6.45, 7) is 0.548. The highest BCUT2D eigenvalue weighted by molar-refractivity contribution is 9.10. The van der Waals surface area contributed by atoms with Crippen LogP contribution < -0.4 is 11.2 Å². The van der Waals surface area contributed by atoms with Gasteiger partial charge in [0.1, 0.15) is 0 Å². The van der Waals surface area contributed by atoms with Crippen molar-refractivity contribution in [2.45, 2.75) is 11.7 Å². The average molecular weight is 435 g/mol. The van der Waals surface area contributed by atoms with Crippen LogP contribution in [0.4, 0.5) is 0 Å². The number of thioether (sulfide) groups is 1. The van der Waals surface area contributed by atoms with Crippen molar-refractivity contribution in [1.29, 1.82) is 0 Å². The molecule has 134 valence electrons. The number of nitrogens with zero attached hydrogens (tertiary/aromatic N) is 5. The molecule has 0 saturated heterocycles. The van der Waals surface area contributed by atoms with E-state index in [1.807, 2.05) is 24.3 Å². The van der Waals surface area contributed by atoms with Crippen molar-refractivity contribution in [1.82, 2.24) is 28.7 Å². The highest BCUT2D eigenvalue weighted by Gasteiger charge is 2.17. The van der Waals surface area contributed by atoms with E-state index in [2.05, 4.69) is 30.9 Å². The summed E-state index contributed by atoms with van der Waals surface area (Å²) < 4.78 is 4.78. The maximum atomic E-state index is 12.5. The number of imidazole rings is 2. The lowest BCUT2D eigenvalue weighted by atomic mass is 10.3. The number of fused-ring (bicyclic) bond motifs is 2. The van der Waals surface area contributed by atoms with E-state index in [0.29, 0.717) is 28.2 Å². The van der Waals surface area contributed by atoms with Gasteiger partial charge in [0.25, 0.3) is 5.56 Å². The van der Waals surface area contributed by atoms with Gasteiger partial charge >= 0.3 is 5.69 Å². The van der Waals surface area contributed by atoms with Gasteiger partial charge in [0, 0.05) is 26.4 Å². The highest BCUT2D eigenvalue weighted by Crippen LogP contribution is 2.21. The van der Waals surface area contributed by atoms with Crippen LogP contribution in [0.25, 0.3) is 22.2 Å². The van der Waals surface area contributed by atoms with Gasteiger partial charge < -0.3 is 9.55 Å². The Labute approximate surface area is 160 Å². The number of halogens is 1. The first-order valence-electron chi connectivity index (χ1n) is 7.86. The Morgan fingerprint density at radius 3 is 2.69 bits per heavy atom. The summed E-state index contributed by atoms with van der Waals surface area (Å²) >= 11 is 4.96. The quantitative estimate of drug-likeness (QED) is 0.391. The van der Waals surface area contributed by atoms with E-state index in [4.69, 9.17) is 0 Å². The number of aromatic nitrogens is 6. The summed E-state index contributed by atoms with van der Waals surface area (Å²) in [7, 11) is 3.08. The molecule has 8 nitrogen and oxygen atoms in total. The second-order valence-electron chi connectivity index (χ2n) is 5.82. The molecule has 0 atom stereocenters. The van der Waals surface area contributed by atoms with Crippen LogP contribution in [0.2, 0.25) is 0 Å². The first-order chi connectivity index (χ1) is 12.5. The Hall–Kier alpha value is -2.33. The van der Waals surface area contributed by atoms with Crippen molar-refractivity contribution in [3.8, 4) is 0 Å². The summed E-state index contributed by atoms with van der Waals surface area (Å²) in [6.07, 6.45) is 0. The minimum atomic E-state index is -0.392. The number of hydrogen-bond donors (Lipinski definition) is 1. The first-order valence-corrected chi connectivity index (χ1v) is 9.64. The number of rotatable bonds is 4. The fourth-order valence-corrected chi connectivity index (χ4v) is 4.19. The zero-order chi connectivity index (χ0) is 18.4. The van der Waals surface area contributed by atoms with Gasteiger partial charge in [-0.05, 0) is 28.1 Å². The molecule has 0 saturated carbocycles. The highest BCUT2D eigenvalue weighted by atomic mass is 79.9. The molecular formula is C16H15BrN6O2S. The summed E-state index contributed by atoms with van der Waals surface area (Å²) in [5.74, 6) is 0.690. The molecule has 0 bridgehead atoms. The lowest BCUT2D eigenvalue weighted by molar-refractivity contribution is 0.699. The third kappa shape index (κ3) is 2.69. The Bertz CT molecular complexity index is 1220. The maximum Gasteiger partial charge on any atom is 0.332 e. The van der Waals surface area contributed by atoms with Crippen LogP contribution >= 0.6 is 27.7 Å². The van der Waals surface area contributed by atoms with E-state index in [9.17, 15) is 9.59 Å². The number of H-pyrrole nitrogens is 1. The summed E-state index contributed by atoms with van der Waals surface area (Å²) in [5.41, 5.74) is 1.96. The second-order valence-corrected chi connectivity index (χ2v) is 7.61. The van der Waals surface area contributed by atoms with Crippen LogP contribution in [0, 0.1) is 0 Å². The molecule has 0 fully saturated rings. The Morgan fingerprint density at radius 1 is 1.15 bits per heavy atom. The third-order valence-electron chi connectivity index (χ3n) is 4.22. The molecule has 0 radical (unpaired) electrons. The molecule has 0 spiro atoms. The van der Waals surface area contributed by atoms with Crippen molar-refractivity contribution >= 4 is 49.9 Å². The van der Waals surface area contributed by atoms with Crippen molar-refractivity contribution < 1.29 is 0 Å². The van der Waals surface area contributed by atoms with Gasteiger partial charge in [-0.25, -0.2) is 14.8 Å². The normalized spacial score (nSPS) is 11.7. The Balaban J connectivity index is 1.64. The van der Waals surface area contributed by atoms with E-state index in [1.165, 1.54) is 11.6 Å². The fourth-order valence-electron chi connectivity index (χ4n) is 2.86. The zero-order valence-corrected chi connectivity index (χ0v) is 16.5. The van der Waals surface area contributed by atoms with Crippen LogP contribution in [0.3, 0.4) is 0 Å². The van der Waals surface area contributed by atoms with Gasteiger partial charge in [-0.3, -0.25) is 13.9 Å². The number of benzene rings is 1. The predicted octanol–water partition coefficient (Wildman–Crippen LogP) is 1.86. The van der Waals surface area contributed by atoms with Gasteiger partial charge in [-0.15, -0.1) is 0 Å². The molecule has 0 amide bonds. The number of aromatic amines is 1. The van der Waals surface area contributed by atoms with Crippen LogP contribution in [-0.4, -0.2) is 34.4 Å². The minimum Gasteiger partial charge on any atom is -0.333 e. The molecule has 0 aliphatic rings. The number of nitrogens with one attached hydrogen (secondary N) is 1. The molecule has 0 unspecified atom stereocenters. The monoisotopic (exact) mass is 434 g/mol. The molecule has 1 aromatic carbocycles. The van der Waals surface area contributed by atoms with Crippen molar-refractivity contribution in [2.24, 2.45) is 14.1 Å².